The molecule has 21 heavy (non-hydrogen) atoms. The standard InChI is InChI=1S/C14H23N3O4/c15-11(18)10-4-8-17(9-5-10)13(21)16-14(12(19)20)6-2-1-3-7-14/h10H,1-9H2,(H2,15,18)(H,16,21)(H,19,20). The van der Waals surface area contributed by atoms with Gasteiger partial charge < -0.3 is 21.1 Å². The second kappa shape index (κ2) is 6.32. The monoisotopic (exact) mass is 297 g/mol. The summed E-state index contributed by atoms with van der Waals surface area (Å²) in [4.78, 5) is 36.5. The first-order valence-electron chi connectivity index (χ1n) is 7.54. The van der Waals surface area contributed by atoms with Gasteiger partial charge in [-0.05, 0) is 25.7 Å². The maximum absolute atomic E-state index is 12.3. The lowest BCUT2D eigenvalue weighted by Gasteiger charge is -2.37. The van der Waals surface area contributed by atoms with Crippen molar-refractivity contribution in [3.05, 3.63) is 0 Å². The molecule has 7 nitrogen and oxygen atoms in total. The first kappa shape index (κ1) is 15.6. The van der Waals surface area contributed by atoms with Gasteiger partial charge in [0.15, 0.2) is 0 Å². The van der Waals surface area contributed by atoms with Crippen LogP contribution in [0.15, 0.2) is 0 Å². The van der Waals surface area contributed by atoms with Gasteiger partial charge in [-0.1, -0.05) is 19.3 Å². The zero-order chi connectivity index (χ0) is 15.5. The Morgan fingerprint density at radius 1 is 1.10 bits per heavy atom. The lowest BCUT2D eigenvalue weighted by atomic mass is 9.82. The van der Waals surface area contributed by atoms with Crippen LogP contribution < -0.4 is 11.1 Å². The van der Waals surface area contributed by atoms with Crippen molar-refractivity contribution in [2.45, 2.75) is 50.5 Å². The van der Waals surface area contributed by atoms with Gasteiger partial charge in [0, 0.05) is 19.0 Å². The number of aliphatic carboxylic acids is 1. The number of rotatable bonds is 3. The highest BCUT2D eigenvalue weighted by molar-refractivity contribution is 5.86. The highest BCUT2D eigenvalue weighted by Gasteiger charge is 2.42. The van der Waals surface area contributed by atoms with Crippen LogP contribution in [-0.2, 0) is 9.59 Å². The van der Waals surface area contributed by atoms with Crippen molar-refractivity contribution in [3.63, 3.8) is 0 Å². The Morgan fingerprint density at radius 2 is 1.67 bits per heavy atom. The molecule has 4 N–H and O–H groups in total. The molecule has 0 radical (unpaired) electrons. The molecule has 1 saturated carbocycles. The Balaban J connectivity index is 1.94. The molecule has 0 unspecified atom stereocenters. The van der Waals surface area contributed by atoms with Crippen LogP contribution in [-0.4, -0.2) is 46.5 Å². The zero-order valence-corrected chi connectivity index (χ0v) is 12.1. The molecule has 0 bridgehead atoms. The molecule has 0 aromatic rings. The Morgan fingerprint density at radius 3 is 2.14 bits per heavy atom. The number of nitrogens with one attached hydrogen (secondary N) is 1. The van der Waals surface area contributed by atoms with Gasteiger partial charge in [0.1, 0.15) is 5.54 Å². The summed E-state index contributed by atoms with van der Waals surface area (Å²) in [6.45, 7) is 0.879. The van der Waals surface area contributed by atoms with Crippen LogP contribution in [0.5, 0.6) is 0 Å². The fourth-order valence-electron chi connectivity index (χ4n) is 3.20. The number of carboxylic acids is 1. The summed E-state index contributed by atoms with van der Waals surface area (Å²) in [5, 5.41) is 12.2. The molecule has 3 amide bonds. The van der Waals surface area contributed by atoms with Crippen LogP contribution in [0, 0.1) is 5.92 Å². The number of carbonyl (C=O) groups is 3. The summed E-state index contributed by atoms with van der Waals surface area (Å²) in [5.74, 6) is -1.47. The second-order valence-corrected chi connectivity index (χ2v) is 6.04. The third-order valence-corrected chi connectivity index (χ3v) is 4.65. The van der Waals surface area contributed by atoms with E-state index in [1.54, 1.807) is 4.90 Å². The highest BCUT2D eigenvalue weighted by Crippen LogP contribution is 2.29. The average Bonchev–Trinajstić information content (AvgIpc) is 2.48. The van der Waals surface area contributed by atoms with Crippen molar-refractivity contribution in [2.75, 3.05) is 13.1 Å². The highest BCUT2D eigenvalue weighted by atomic mass is 16.4. The average molecular weight is 297 g/mol. The Kier molecular flexibility index (Phi) is 4.69. The van der Waals surface area contributed by atoms with Crippen LogP contribution in [0.4, 0.5) is 4.79 Å². The number of piperidine rings is 1. The van der Waals surface area contributed by atoms with Gasteiger partial charge in [0.2, 0.25) is 5.91 Å². The number of amides is 3. The van der Waals surface area contributed by atoms with Crippen molar-refractivity contribution in [1.82, 2.24) is 10.2 Å². The minimum absolute atomic E-state index is 0.183. The van der Waals surface area contributed by atoms with E-state index in [0.717, 1.165) is 19.3 Å². The van der Waals surface area contributed by atoms with Crippen LogP contribution >= 0.6 is 0 Å². The molecule has 0 spiro atoms. The van der Waals surface area contributed by atoms with Crippen LogP contribution in [0.25, 0.3) is 0 Å². The molecule has 2 rings (SSSR count). The van der Waals surface area contributed by atoms with Crippen molar-refractivity contribution >= 4 is 17.9 Å². The van der Waals surface area contributed by atoms with Gasteiger partial charge in [-0.3, -0.25) is 4.79 Å². The molecule has 0 atom stereocenters. The maximum atomic E-state index is 12.3. The first-order valence-corrected chi connectivity index (χ1v) is 7.54. The summed E-state index contributed by atoms with van der Waals surface area (Å²) in [6, 6.07) is -0.345. The number of hydrogen-bond donors (Lipinski definition) is 3. The van der Waals surface area contributed by atoms with E-state index in [1.165, 1.54) is 0 Å². The molecule has 2 fully saturated rings. The van der Waals surface area contributed by atoms with Gasteiger partial charge in [-0.25, -0.2) is 9.59 Å². The van der Waals surface area contributed by atoms with Crippen molar-refractivity contribution in [1.29, 1.82) is 0 Å². The molecule has 1 aliphatic carbocycles. The maximum Gasteiger partial charge on any atom is 0.329 e. The van der Waals surface area contributed by atoms with Gasteiger partial charge in [-0.15, -0.1) is 0 Å². The van der Waals surface area contributed by atoms with Gasteiger partial charge >= 0.3 is 12.0 Å². The third-order valence-electron chi connectivity index (χ3n) is 4.65. The van der Waals surface area contributed by atoms with Crippen LogP contribution in [0.1, 0.15) is 44.9 Å². The second-order valence-electron chi connectivity index (χ2n) is 6.04. The van der Waals surface area contributed by atoms with E-state index in [1.807, 2.05) is 0 Å². The lowest BCUT2D eigenvalue weighted by molar-refractivity contribution is -0.146. The molecular weight excluding hydrogens is 274 g/mol. The number of carbonyl (C=O) groups excluding carboxylic acids is 2. The van der Waals surface area contributed by atoms with E-state index < -0.39 is 11.5 Å². The van der Waals surface area contributed by atoms with E-state index >= 15 is 0 Å². The lowest BCUT2D eigenvalue weighted by Crippen LogP contribution is -2.59. The Labute approximate surface area is 123 Å². The largest absolute Gasteiger partial charge is 0.480 e. The molecule has 118 valence electrons. The van der Waals surface area contributed by atoms with E-state index in [0.29, 0.717) is 38.8 Å². The quantitative estimate of drug-likeness (QED) is 0.711. The SMILES string of the molecule is NC(=O)C1CCN(C(=O)NC2(C(=O)O)CCCCC2)CC1. The minimum Gasteiger partial charge on any atom is -0.480 e. The third kappa shape index (κ3) is 3.46. The van der Waals surface area contributed by atoms with E-state index in [9.17, 15) is 19.5 Å². The molecular formula is C14H23N3O4. The number of nitrogens with zero attached hydrogens (tertiary/aromatic N) is 1. The number of likely N-dealkylation sites (tertiary alicyclic amines) is 1. The first-order chi connectivity index (χ1) is 9.94. The Hall–Kier alpha value is -1.79. The molecule has 1 aliphatic heterocycles. The number of hydrogen-bond acceptors (Lipinski definition) is 3. The van der Waals surface area contributed by atoms with Crippen molar-refractivity contribution in [2.24, 2.45) is 11.7 Å². The summed E-state index contributed by atoms with van der Waals surface area (Å²) in [6.07, 6.45) is 4.69. The number of primary amides is 1. The summed E-state index contributed by atoms with van der Waals surface area (Å²) < 4.78 is 0. The predicted molar refractivity (Wildman–Crippen MR) is 75.5 cm³/mol. The molecule has 2 aliphatic rings. The predicted octanol–water partition coefficient (Wildman–Crippen LogP) is 0.681. The van der Waals surface area contributed by atoms with Crippen molar-refractivity contribution in [3.8, 4) is 0 Å². The van der Waals surface area contributed by atoms with E-state index in [4.69, 9.17) is 5.73 Å². The van der Waals surface area contributed by atoms with E-state index in [2.05, 4.69) is 5.32 Å². The Bertz CT molecular complexity index is 424. The smallest absolute Gasteiger partial charge is 0.329 e. The fourth-order valence-corrected chi connectivity index (χ4v) is 3.20. The number of carboxylic acid groups (broad SMARTS) is 1. The normalized spacial score (nSPS) is 22.6. The summed E-state index contributed by atoms with van der Waals surface area (Å²) >= 11 is 0. The van der Waals surface area contributed by atoms with Gasteiger partial charge in [-0.2, -0.15) is 0 Å². The molecule has 1 heterocycles. The van der Waals surface area contributed by atoms with Gasteiger partial charge in [0.05, 0.1) is 0 Å². The zero-order valence-electron chi connectivity index (χ0n) is 12.1. The summed E-state index contributed by atoms with van der Waals surface area (Å²) in [7, 11) is 0. The molecule has 7 heteroatoms. The van der Waals surface area contributed by atoms with E-state index in [-0.39, 0.29) is 17.9 Å². The topological polar surface area (TPSA) is 113 Å². The van der Waals surface area contributed by atoms with Crippen LogP contribution in [0.2, 0.25) is 0 Å². The number of urea groups is 1. The van der Waals surface area contributed by atoms with Crippen LogP contribution in [0.3, 0.4) is 0 Å². The van der Waals surface area contributed by atoms with Crippen molar-refractivity contribution < 1.29 is 19.5 Å². The molecule has 0 aromatic heterocycles. The molecule has 1 saturated heterocycles. The van der Waals surface area contributed by atoms with Gasteiger partial charge in [0.25, 0.3) is 0 Å². The summed E-state index contributed by atoms with van der Waals surface area (Å²) in [5.41, 5.74) is 4.13. The number of nitrogens with two attached hydrogens (primary N) is 1. The fraction of sp³-hybridized carbons (Fsp3) is 0.786. The minimum atomic E-state index is -1.13. The molecule has 0 aromatic carbocycles.